The van der Waals surface area contributed by atoms with Crippen molar-refractivity contribution in [2.24, 2.45) is 0 Å². The normalized spacial score (nSPS) is 10.8. The van der Waals surface area contributed by atoms with Crippen LogP contribution in [0.5, 0.6) is 5.75 Å². The summed E-state index contributed by atoms with van der Waals surface area (Å²) in [6.45, 7) is 5.23. The summed E-state index contributed by atoms with van der Waals surface area (Å²) in [5.41, 5.74) is 0. The van der Waals surface area contributed by atoms with E-state index in [9.17, 15) is 5.11 Å². The number of phenolic OH excluding ortho intramolecular Hbond substituents is 1. The Hall–Kier alpha value is -0.670. The number of benzene rings is 1. The van der Waals surface area contributed by atoms with E-state index in [1.807, 2.05) is 18.2 Å². The van der Waals surface area contributed by atoms with Crippen LogP contribution in [0.15, 0.2) is 29.2 Å². The molecule has 0 bridgehead atoms. The molecular formula is C11H17NOS. The quantitative estimate of drug-likeness (QED) is 0.579. The van der Waals surface area contributed by atoms with Crippen LogP contribution in [-0.2, 0) is 0 Å². The molecule has 78 valence electrons. The molecule has 1 aromatic carbocycles. The minimum Gasteiger partial charge on any atom is -0.507 e. The van der Waals surface area contributed by atoms with E-state index >= 15 is 0 Å². The fourth-order valence-corrected chi connectivity index (χ4v) is 1.92. The summed E-state index contributed by atoms with van der Waals surface area (Å²) in [6, 6.07) is 7.97. The van der Waals surface area contributed by atoms with E-state index in [1.165, 1.54) is 0 Å². The van der Waals surface area contributed by atoms with Gasteiger partial charge in [-0.05, 0) is 12.1 Å². The van der Waals surface area contributed by atoms with Crippen LogP contribution in [-0.4, -0.2) is 23.4 Å². The van der Waals surface area contributed by atoms with Crippen molar-refractivity contribution < 1.29 is 5.11 Å². The van der Waals surface area contributed by atoms with Gasteiger partial charge in [0.1, 0.15) is 5.75 Å². The van der Waals surface area contributed by atoms with E-state index in [1.54, 1.807) is 17.8 Å². The third-order valence-electron chi connectivity index (χ3n) is 1.78. The van der Waals surface area contributed by atoms with E-state index in [0.29, 0.717) is 11.8 Å². The molecule has 2 nitrogen and oxygen atoms in total. The van der Waals surface area contributed by atoms with Crippen molar-refractivity contribution in [3.8, 4) is 5.75 Å². The molecule has 0 aliphatic carbocycles. The Morgan fingerprint density at radius 3 is 2.71 bits per heavy atom. The number of nitrogens with one attached hydrogen (secondary N) is 1. The Balaban J connectivity index is 2.28. The van der Waals surface area contributed by atoms with E-state index in [0.717, 1.165) is 17.2 Å². The summed E-state index contributed by atoms with van der Waals surface area (Å²) < 4.78 is 0. The van der Waals surface area contributed by atoms with Crippen molar-refractivity contribution in [3.05, 3.63) is 24.3 Å². The van der Waals surface area contributed by atoms with Gasteiger partial charge in [0, 0.05) is 23.2 Å². The molecule has 0 radical (unpaired) electrons. The van der Waals surface area contributed by atoms with Gasteiger partial charge < -0.3 is 10.4 Å². The van der Waals surface area contributed by atoms with Crippen LogP contribution in [0.1, 0.15) is 13.8 Å². The van der Waals surface area contributed by atoms with Crippen molar-refractivity contribution in [2.45, 2.75) is 24.8 Å². The van der Waals surface area contributed by atoms with Gasteiger partial charge in [-0.25, -0.2) is 0 Å². The molecule has 1 aromatic rings. The second-order valence-electron chi connectivity index (χ2n) is 3.43. The van der Waals surface area contributed by atoms with Gasteiger partial charge in [0.2, 0.25) is 0 Å². The van der Waals surface area contributed by atoms with Crippen molar-refractivity contribution in [1.29, 1.82) is 0 Å². The van der Waals surface area contributed by atoms with E-state index in [2.05, 4.69) is 19.2 Å². The summed E-state index contributed by atoms with van der Waals surface area (Å²) >= 11 is 1.68. The van der Waals surface area contributed by atoms with Crippen molar-refractivity contribution in [2.75, 3.05) is 12.3 Å². The number of thioether (sulfide) groups is 1. The highest BCUT2D eigenvalue weighted by Gasteiger charge is 1.99. The Labute approximate surface area is 89.7 Å². The third-order valence-corrected chi connectivity index (χ3v) is 2.84. The molecule has 0 saturated carbocycles. The Morgan fingerprint density at radius 1 is 1.36 bits per heavy atom. The zero-order valence-electron chi connectivity index (χ0n) is 8.66. The van der Waals surface area contributed by atoms with Crippen LogP contribution in [0.25, 0.3) is 0 Å². The number of aromatic hydroxyl groups is 1. The maximum absolute atomic E-state index is 9.48. The first kappa shape index (κ1) is 11.4. The molecule has 0 aromatic heterocycles. The van der Waals surface area contributed by atoms with Gasteiger partial charge in [-0.15, -0.1) is 11.8 Å². The zero-order valence-corrected chi connectivity index (χ0v) is 9.47. The monoisotopic (exact) mass is 211 g/mol. The van der Waals surface area contributed by atoms with E-state index < -0.39 is 0 Å². The molecule has 0 aliphatic rings. The fourth-order valence-electron chi connectivity index (χ4n) is 1.09. The molecule has 0 fully saturated rings. The van der Waals surface area contributed by atoms with Gasteiger partial charge in [-0.3, -0.25) is 0 Å². The third kappa shape index (κ3) is 4.03. The number of hydrogen-bond donors (Lipinski definition) is 2. The van der Waals surface area contributed by atoms with Crippen LogP contribution in [0, 0.1) is 0 Å². The largest absolute Gasteiger partial charge is 0.507 e. The van der Waals surface area contributed by atoms with E-state index in [4.69, 9.17) is 0 Å². The zero-order chi connectivity index (χ0) is 10.4. The molecule has 0 heterocycles. The lowest BCUT2D eigenvalue weighted by Crippen LogP contribution is -2.24. The summed E-state index contributed by atoms with van der Waals surface area (Å²) in [7, 11) is 0. The second-order valence-corrected chi connectivity index (χ2v) is 4.56. The summed E-state index contributed by atoms with van der Waals surface area (Å²) in [6.07, 6.45) is 0. The van der Waals surface area contributed by atoms with Crippen molar-refractivity contribution in [1.82, 2.24) is 5.32 Å². The predicted octanol–water partition coefficient (Wildman–Crippen LogP) is 2.48. The molecule has 1 rings (SSSR count). The van der Waals surface area contributed by atoms with Gasteiger partial charge in [-0.2, -0.15) is 0 Å². The lowest BCUT2D eigenvalue weighted by Gasteiger charge is -2.07. The maximum Gasteiger partial charge on any atom is 0.129 e. The minimum absolute atomic E-state index is 0.377. The lowest BCUT2D eigenvalue weighted by molar-refractivity contribution is 0.462. The van der Waals surface area contributed by atoms with Crippen LogP contribution < -0.4 is 5.32 Å². The summed E-state index contributed by atoms with van der Waals surface area (Å²) in [5, 5.41) is 12.8. The second kappa shape index (κ2) is 5.94. The first-order valence-electron chi connectivity index (χ1n) is 4.84. The molecule has 0 unspecified atom stereocenters. The molecule has 0 atom stereocenters. The molecule has 2 N–H and O–H groups in total. The SMILES string of the molecule is CC(C)NCCSc1ccccc1O. The van der Waals surface area contributed by atoms with Crippen LogP contribution in [0.4, 0.5) is 0 Å². The highest BCUT2D eigenvalue weighted by Crippen LogP contribution is 2.26. The van der Waals surface area contributed by atoms with E-state index in [-0.39, 0.29) is 0 Å². The highest BCUT2D eigenvalue weighted by molar-refractivity contribution is 7.99. The molecule has 0 amide bonds. The molecule has 3 heteroatoms. The van der Waals surface area contributed by atoms with Crippen LogP contribution >= 0.6 is 11.8 Å². The van der Waals surface area contributed by atoms with Gasteiger partial charge >= 0.3 is 0 Å². The number of phenols is 1. The average Bonchev–Trinajstić information content (AvgIpc) is 2.15. The Bertz CT molecular complexity index is 276. The van der Waals surface area contributed by atoms with Crippen molar-refractivity contribution >= 4 is 11.8 Å². The first-order chi connectivity index (χ1) is 6.70. The Morgan fingerprint density at radius 2 is 2.07 bits per heavy atom. The highest BCUT2D eigenvalue weighted by atomic mass is 32.2. The first-order valence-corrected chi connectivity index (χ1v) is 5.83. The molecular weight excluding hydrogens is 194 g/mol. The Kier molecular flexibility index (Phi) is 4.84. The van der Waals surface area contributed by atoms with Crippen LogP contribution in [0.2, 0.25) is 0 Å². The number of para-hydroxylation sites is 1. The summed E-state index contributed by atoms with van der Waals surface area (Å²) in [4.78, 5) is 0.957. The minimum atomic E-state index is 0.377. The van der Waals surface area contributed by atoms with Crippen LogP contribution in [0.3, 0.4) is 0 Å². The number of rotatable bonds is 5. The lowest BCUT2D eigenvalue weighted by atomic mass is 10.3. The predicted molar refractivity (Wildman–Crippen MR) is 62.0 cm³/mol. The molecule has 14 heavy (non-hydrogen) atoms. The van der Waals surface area contributed by atoms with Crippen molar-refractivity contribution in [3.63, 3.8) is 0 Å². The smallest absolute Gasteiger partial charge is 0.129 e. The molecule has 0 aliphatic heterocycles. The molecule has 0 saturated heterocycles. The van der Waals surface area contributed by atoms with Gasteiger partial charge in [0.15, 0.2) is 0 Å². The average molecular weight is 211 g/mol. The fraction of sp³-hybridized carbons (Fsp3) is 0.455. The van der Waals surface area contributed by atoms with Gasteiger partial charge in [0.25, 0.3) is 0 Å². The number of hydrogen-bond acceptors (Lipinski definition) is 3. The maximum atomic E-state index is 9.48. The summed E-state index contributed by atoms with van der Waals surface area (Å²) in [5.74, 6) is 1.36. The van der Waals surface area contributed by atoms with Gasteiger partial charge in [0.05, 0.1) is 0 Å². The van der Waals surface area contributed by atoms with Gasteiger partial charge in [-0.1, -0.05) is 26.0 Å². The standard InChI is InChI=1S/C11H17NOS/c1-9(2)12-7-8-14-11-6-4-3-5-10(11)13/h3-6,9,12-13H,7-8H2,1-2H3. The molecule has 0 spiro atoms. The topological polar surface area (TPSA) is 32.3 Å².